The molecule has 0 bridgehead atoms. The molecule has 35 heavy (non-hydrogen) atoms. The molecule has 12 heteroatoms. The van der Waals surface area contributed by atoms with Gasteiger partial charge in [0.15, 0.2) is 5.75 Å². The number of hydrogen-bond acceptors (Lipinski definition) is 7. The van der Waals surface area contributed by atoms with Gasteiger partial charge in [-0.15, -0.1) is 13.2 Å². The molecule has 1 aliphatic rings. The summed E-state index contributed by atoms with van der Waals surface area (Å²) < 4.78 is 66.9. The molecule has 1 fully saturated rings. The monoisotopic (exact) mass is 509 g/mol. The maximum absolute atomic E-state index is 13.0. The topological polar surface area (TPSA) is 102 Å². The van der Waals surface area contributed by atoms with Crippen LogP contribution in [0.4, 0.5) is 24.9 Å². The number of aromatic nitrogens is 2. The third-order valence-corrected chi connectivity index (χ3v) is 6.92. The standard InChI is InChI=1S/C23H26F3N5O3S/c1-30(2)21-17-7-3-4-8-18(17)28-22(29-21)31-12-10-15(11-13-31)14-16-6-5-9-19(35(27,32)33)20(16)34-23(24,25)26/h3-9,15H,10-14H2,1-2H3,(H2,27,32,33). The normalized spacial score (nSPS) is 15.4. The van der Waals surface area contributed by atoms with E-state index < -0.39 is 27.0 Å². The molecule has 0 saturated carbocycles. The Labute approximate surface area is 201 Å². The van der Waals surface area contributed by atoms with Gasteiger partial charge in [0, 0.05) is 32.6 Å². The Morgan fingerprint density at radius 1 is 1.09 bits per heavy atom. The van der Waals surface area contributed by atoms with Crippen LogP contribution in [-0.4, -0.2) is 51.9 Å². The van der Waals surface area contributed by atoms with Gasteiger partial charge in [-0.1, -0.05) is 24.3 Å². The number of ether oxygens (including phenoxy) is 1. The molecule has 2 heterocycles. The predicted octanol–water partition coefficient (Wildman–Crippen LogP) is 3.70. The first-order chi connectivity index (χ1) is 16.4. The van der Waals surface area contributed by atoms with Gasteiger partial charge in [0.05, 0.1) is 5.52 Å². The van der Waals surface area contributed by atoms with Crippen molar-refractivity contribution in [2.24, 2.45) is 11.1 Å². The number of nitrogens with two attached hydrogens (primary N) is 1. The first-order valence-electron chi connectivity index (χ1n) is 11.0. The molecule has 0 atom stereocenters. The van der Waals surface area contributed by atoms with E-state index >= 15 is 0 Å². The van der Waals surface area contributed by atoms with Crippen LogP contribution in [0.25, 0.3) is 10.9 Å². The number of sulfonamides is 1. The van der Waals surface area contributed by atoms with Crippen molar-refractivity contribution in [1.82, 2.24) is 9.97 Å². The van der Waals surface area contributed by atoms with Crippen molar-refractivity contribution in [3.63, 3.8) is 0 Å². The molecular weight excluding hydrogens is 483 g/mol. The summed E-state index contributed by atoms with van der Waals surface area (Å²) in [6, 6.07) is 11.6. The number of nitrogens with zero attached hydrogens (tertiary/aromatic N) is 4. The molecule has 0 radical (unpaired) electrons. The van der Waals surface area contributed by atoms with E-state index in [9.17, 15) is 21.6 Å². The lowest BCUT2D eigenvalue weighted by molar-refractivity contribution is -0.275. The van der Waals surface area contributed by atoms with Gasteiger partial charge in [0.2, 0.25) is 16.0 Å². The Morgan fingerprint density at radius 3 is 2.40 bits per heavy atom. The molecule has 8 nitrogen and oxygen atoms in total. The minimum Gasteiger partial charge on any atom is -0.404 e. The zero-order valence-electron chi connectivity index (χ0n) is 19.3. The summed E-state index contributed by atoms with van der Waals surface area (Å²) in [7, 11) is -0.561. The van der Waals surface area contributed by atoms with Crippen molar-refractivity contribution >= 4 is 32.7 Å². The summed E-state index contributed by atoms with van der Waals surface area (Å²) in [5.74, 6) is 0.675. The van der Waals surface area contributed by atoms with Crippen LogP contribution in [0.3, 0.4) is 0 Å². The van der Waals surface area contributed by atoms with E-state index in [1.165, 1.54) is 12.1 Å². The number of halogens is 3. The van der Waals surface area contributed by atoms with Crippen molar-refractivity contribution in [3.8, 4) is 5.75 Å². The fourth-order valence-electron chi connectivity index (χ4n) is 4.36. The van der Waals surface area contributed by atoms with Gasteiger partial charge in [-0.3, -0.25) is 0 Å². The third kappa shape index (κ3) is 5.76. The summed E-state index contributed by atoms with van der Waals surface area (Å²) in [5.41, 5.74) is 0.987. The number of primary sulfonamides is 1. The van der Waals surface area contributed by atoms with Gasteiger partial charge in [-0.2, -0.15) is 4.98 Å². The highest BCUT2D eigenvalue weighted by atomic mass is 32.2. The number of benzene rings is 2. The Kier molecular flexibility index (Phi) is 6.78. The molecule has 3 aromatic rings. The molecule has 0 amide bonds. The van der Waals surface area contributed by atoms with E-state index in [1.807, 2.05) is 43.3 Å². The molecule has 1 aromatic heterocycles. The molecule has 2 N–H and O–H groups in total. The fourth-order valence-corrected chi connectivity index (χ4v) is 5.06. The van der Waals surface area contributed by atoms with E-state index in [-0.39, 0.29) is 17.9 Å². The first-order valence-corrected chi connectivity index (χ1v) is 12.6. The van der Waals surface area contributed by atoms with E-state index in [4.69, 9.17) is 15.1 Å². The summed E-state index contributed by atoms with van der Waals surface area (Å²) in [5, 5.41) is 6.08. The van der Waals surface area contributed by atoms with Crippen molar-refractivity contribution < 1.29 is 26.3 Å². The maximum atomic E-state index is 13.0. The number of hydrogen-bond donors (Lipinski definition) is 1. The highest BCUT2D eigenvalue weighted by Crippen LogP contribution is 2.36. The van der Waals surface area contributed by atoms with Gasteiger partial charge in [0.1, 0.15) is 10.7 Å². The molecule has 2 aromatic carbocycles. The molecular formula is C23H26F3N5O3S. The van der Waals surface area contributed by atoms with Crippen molar-refractivity contribution in [2.75, 3.05) is 37.0 Å². The third-order valence-electron chi connectivity index (χ3n) is 5.99. The number of para-hydroxylation sites is 2. The molecule has 0 aliphatic carbocycles. The number of piperidine rings is 1. The zero-order valence-corrected chi connectivity index (χ0v) is 20.1. The maximum Gasteiger partial charge on any atom is 0.573 e. The number of anilines is 2. The average molecular weight is 510 g/mol. The van der Waals surface area contributed by atoms with Crippen molar-refractivity contribution in [1.29, 1.82) is 0 Å². The second-order valence-electron chi connectivity index (χ2n) is 8.73. The second kappa shape index (κ2) is 9.50. The van der Waals surface area contributed by atoms with Crippen LogP contribution in [0, 0.1) is 5.92 Å². The Hall–Kier alpha value is -3.12. The SMILES string of the molecule is CN(C)c1nc(N2CCC(Cc3cccc(S(N)(=O)=O)c3OC(F)(F)F)CC2)nc2ccccc12. The van der Waals surface area contributed by atoms with Crippen LogP contribution >= 0.6 is 0 Å². The molecule has 0 unspecified atom stereocenters. The highest BCUT2D eigenvalue weighted by Gasteiger charge is 2.35. The largest absolute Gasteiger partial charge is 0.573 e. The molecule has 4 rings (SSSR count). The first kappa shape index (κ1) is 25.0. The van der Waals surface area contributed by atoms with Gasteiger partial charge >= 0.3 is 6.36 Å². The Bertz CT molecular complexity index is 1320. The van der Waals surface area contributed by atoms with Gasteiger partial charge in [-0.25, -0.2) is 18.5 Å². The van der Waals surface area contributed by atoms with Crippen LogP contribution in [0.2, 0.25) is 0 Å². The molecule has 188 valence electrons. The summed E-state index contributed by atoms with van der Waals surface area (Å²) in [6.45, 7) is 1.22. The van der Waals surface area contributed by atoms with Crippen LogP contribution in [0.15, 0.2) is 47.4 Å². The lowest BCUT2D eigenvalue weighted by Crippen LogP contribution is -2.36. The van der Waals surface area contributed by atoms with E-state index in [1.54, 1.807) is 0 Å². The average Bonchev–Trinajstić information content (AvgIpc) is 2.78. The van der Waals surface area contributed by atoms with Crippen LogP contribution in [0.1, 0.15) is 18.4 Å². The molecule has 0 spiro atoms. The van der Waals surface area contributed by atoms with E-state index in [0.717, 1.165) is 22.8 Å². The van der Waals surface area contributed by atoms with Crippen LogP contribution in [0.5, 0.6) is 5.75 Å². The smallest absolute Gasteiger partial charge is 0.404 e. The van der Waals surface area contributed by atoms with Crippen molar-refractivity contribution in [2.45, 2.75) is 30.5 Å². The fraction of sp³-hybridized carbons (Fsp3) is 0.391. The van der Waals surface area contributed by atoms with E-state index in [2.05, 4.69) is 9.64 Å². The molecule has 1 saturated heterocycles. The van der Waals surface area contributed by atoms with Gasteiger partial charge < -0.3 is 14.5 Å². The predicted molar refractivity (Wildman–Crippen MR) is 127 cm³/mol. The van der Waals surface area contributed by atoms with Crippen LogP contribution < -0.4 is 19.7 Å². The second-order valence-corrected chi connectivity index (χ2v) is 10.3. The van der Waals surface area contributed by atoms with Crippen LogP contribution in [-0.2, 0) is 16.4 Å². The summed E-state index contributed by atoms with van der Waals surface area (Å²) in [6.07, 6.45) is -3.49. The quantitative estimate of drug-likeness (QED) is 0.541. The minimum atomic E-state index is -5.05. The lowest BCUT2D eigenvalue weighted by Gasteiger charge is -2.33. The lowest BCUT2D eigenvalue weighted by atomic mass is 9.90. The van der Waals surface area contributed by atoms with Crippen molar-refractivity contribution in [3.05, 3.63) is 48.0 Å². The summed E-state index contributed by atoms with van der Waals surface area (Å²) >= 11 is 0. The minimum absolute atomic E-state index is 0.0198. The number of fused-ring (bicyclic) bond motifs is 1. The molecule has 1 aliphatic heterocycles. The Morgan fingerprint density at radius 2 is 1.77 bits per heavy atom. The Balaban J connectivity index is 1.54. The van der Waals surface area contributed by atoms with Gasteiger partial charge in [0.25, 0.3) is 0 Å². The number of rotatable bonds is 6. The van der Waals surface area contributed by atoms with E-state index in [0.29, 0.717) is 31.9 Å². The zero-order chi connectivity index (χ0) is 25.4. The highest BCUT2D eigenvalue weighted by molar-refractivity contribution is 7.89. The number of alkyl halides is 3. The van der Waals surface area contributed by atoms with Gasteiger partial charge in [-0.05, 0) is 48.9 Å². The summed E-state index contributed by atoms with van der Waals surface area (Å²) in [4.78, 5) is 12.8.